The molecule has 0 aliphatic carbocycles. The van der Waals surface area contributed by atoms with Gasteiger partial charge in [-0.05, 0) is 66.1 Å². The zero-order valence-corrected chi connectivity index (χ0v) is 17.5. The number of hydrogen-bond acceptors (Lipinski definition) is 1. The predicted molar refractivity (Wildman–Crippen MR) is 120 cm³/mol. The molecule has 3 aromatic carbocycles. The Hall–Kier alpha value is -2.62. The van der Waals surface area contributed by atoms with E-state index in [-0.39, 0.29) is 5.91 Å². The van der Waals surface area contributed by atoms with Gasteiger partial charge < -0.3 is 0 Å². The van der Waals surface area contributed by atoms with Gasteiger partial charge in [0.05, 0.1) is 11.4 Å². The molecule has 138 valence electrons. The van der Waals surface area contributed by atoms with Crippen molar-refractivity contribution < 1.29 is 4.79 Å². The number of amides is 1. The first-order valence-corrected chi connectivity index (χ1v) is 10.0. The van der Waals surface area contributed by atoms with Gasteiger partial charge in [-0.2, -0.15) is 0 Å². The van der Waals surface area contributed by atoms with E-state index in [4.69, 9.17) is 11.6 Å². The van der Waals surface area contributed by atoms with Crippen molar-refractivity contribution >= 4 is 50.9 Å². The van der Waals surface area contributed by atoms with Gasteiger partial charge in [0.25, 0.3) is 5.91 Å². The number of benzene rings is 3. The number of rotatable bonds is 3. The maximum atomic E-state index is 13.4. The summed E-state index contributed by atoms with van der Waals surface area (Å²) in [5.41, 5.74) is 5.31. The Kier molecular flexibility index (Phi) is 5.21. The van der Waals surface area contributed by atoms with Crippen molar-refractivity contribution in [1.82, 2.24) is 0 Å². The maximum absolute atomic E-state index is 13.4. The SMILES string of the molecule is Cc1cc(Br)ccc1N1C(=O)/C(=C/c2ccccc2)C=C1c1ccc(Cl)cc1. The second-order valence-electron chi connectivity index (χ2n) is 6.62. The molecule has 2 nitrogen and oxygen atoms in total. The van der Waals surface area contributed by atoms with E-state index in [2.05, 4.69) is 15.9 Å². The number of carbonyl (C=O) groups is 1. The first-order chi connectivity index (χ1) is 13.5. The summed E-state index contributed by atoms with van der Waals surface area (Å²) >= 11 is 9.56. The smallest absolute Gasteiger partial charge is 0.262 e. The van der Waals surface area contributed by atoms with Crippen molar-refractivity contribution in [3.8, 4) is 0 Å². The molecular weight excluding hydrogens is 434 g/mol. The molecule has 0 bridgehead atoms. The number of nitrogens with zero attached hydrogens (tertiary/aromatic N) is 1. The molecule has 0 unspecified atom stereocenters. The zero-order chi connectivity index (χ0) is 19.7. The van der Waals surface area contributed by atoms with Crippen LogP contribution in [0.4, 0.5) is 5.69 Å². The minimum atomic E-state index is -0.0424. The fraction of sp³-hybridized carbons (Fsp3) is 0.0417. The van der Waals surface area contributed by atoms with E-state index in [0.717, 1.165) is 32.5 Å². The van der Waals surface area contributed by atoms with Gasteiger partial charge in [-0.3, -0.25) is 9.69 Å². The molecule has 4 rings (SSSR count). The van der Waals surface area contributed by atoms with Crippen LogP contribution in [0.15, 0.2) is 88.9 Å². The normalized spacial score (nSPS) is 15.2. The summed E-state index contributed by atoms with van der Waals surface area (Å²) in [6, 6.07) is 23.4. The number of carbonyl (C=O) groups excluding carboxylic acids is 1. The molecule has 1 aliphatic rings. The van der Waals surface area contributed by atoms with Gasteiger partial charge in [0.2, 0.25) is 0 Å². The molecule has 0 radical (unpaired) electrons. The highest BCUT2D eigenvalue weighted by atomic mass is 79.9. The highest BCUT2D eigenvalue weighted by Crippen LogP contribution is 2.37. The maximum Gasteiger partial charge on any atom is 0.262 e. The molecule has 1 aliphatic heterocycles. The number of anilines is 1. The second kappa shape index (κ2) is 7.78. The lowest BCUT2D eigenvalue weighted by molar-refractivity contribution is -0.113. The molecule has 4 heteroatoms. The van der Waals surface area contributed by atoms with E-state index in [0.29, 0.717) is 10.6 Å². The Morgan fingerprint density at radius 2 is 1.68 bits per heavy atom. The van der Waals surface area contributed by atoms with Crippen LogP contribution >= 0.6 is 27.5 Å². The van der Waals surface area contributed by atoms with Crippen molar-refractivity contribution in [2.75, 3.05) is 4.90 Å². The molecule has 0 fully saturated rings. The molecule has 1 amide bonds. The third kappa shape index (κ3) is 3.68. The second-order valence-corrected chi connectivity index (χ2v) is 7.97. The van der Waals surface area contributed by atoms with E-state index in [1.165, 1.54) is 0 Å². The third-order valence-electron chi connectivity index (χ3n) is 4.64. The Morgan fingerprint density at radius 1 is 0.964 bits per heavy atom. The Balaban J connectivity index is 1.85. The molecule has 28 heavy (non-hydrogen) atoms. The molecule has 0 saturated heterocycles. The average Bonchev–Trinajstić information content (AvgIpc) is 3.00. The summed E-state index contributed by atoms with van der Waals surface area (Å²) in [5.74, 6) is -0.0424. The van der Waals surface area contributed by atoms with Crippen molar-refractivity contribution in [1.29, 1.82) is 0 Å². The highest BCUT2D eigenvalue weighted by molar-refractivity contribution is 9.10. The van der Waals surface area contributed by atoms with Crippen LogP contribution in [0.1, 0.15) is 16.7 Å². The molecule has 0 aromatic heterocycles. The van der Waals surface area contributed by atoms with Gasteiger partial charge in [-0.1, -0.05) is 70.0 Å². The van der Waals surface area contributed by atoms with Crippen molar-refractivity contribution in [2.24, 2.45) is 0 Å². The van der Waals surface area contributed by atoms with Gasteiger partial charge in [-0.25, -0.2) is 0 Å². The summed E-state index contributed by atoms with van der Waals surface area (Å²) in [6.07, 6.45) is 3.87. The van der Waals surface area contributed by atoms with Crippen molar-refractivity contribution in [3.05, 3.63) is 111 Å². The number of hydrogen-bond donors (Lipinski definition) is 0. The summed E-state index contributed by atoms with van der Waals surface area (Å²) in [4.78, 5) is 15.1. The van der Waals surface area contributed by atoms with E-state index >= 15 is 0 Å². The molecule has 0 saturated carbocycles. The summed E-state index contributed by atoms with van der Waals surface area (Å²) in [6.45, 7) is 2.01. The van der Waals surface area contributed by atoms with E-state index in [9.17, 15) is 4.79 Å². The number of halogens is 2. The predicted octanol–water partition coefficient (Wildman–Crippen LogP) is 6.88. The summed E-state index contributed by atoms with van der Waals surface area (Å²) in [7, 11) is 0. The van der Waals surface area contributed by atoms with Gasteiger partial charge in [0.15, 0.2) is 0 Å². The van der Waals surface area contributed by atoms with Crippen LogP contribution in [0.25, 0.3) is 11.8 Å². The minimum Gasteiger partial charge on any atom is -0.276 e. The van der Waals surface area contributed by atoms with Crippen LogP contribution in [0, 0.1) is 6.92 Å². The topological polar surface area (TPSA) is 20.3 Å². The van der Waals surface area contributed by atoms with Gasteiger partial charge >= 0.3 is 0 Å². The van der Waals surface area contributed by atoms with Crippen LogP contribution in [0.3, 0.4) is 0 Å². The third-order valence-corrected chi connectivity index (χ3v) is 5.39. The monoisotopic (exact) mass is 449 g/mol. The van der Waals surface area contributed by atoms with Crippen LogP contribution in [0.2, 0.25) is 5.02 Å². The lowest BCUT2D eigenvalue weighted by Crippen LogP contribution is -2.25. The largest absolute Gasteiger partial charge is 0.276 e. The van der Waals surface area contributed by atoms with Gasteiger partial charge in [0.1, 0.15) is 0 Å². The number of aryl methyl sites for hydroxylation is 1. The first kappa shape index (κ1) is 18.7. The molecule has 0 spiro atoms. The van der Waals surface area contributed by atoms with Crippen LogP contribution in [-0.4, -0.2) is 5.91 Å². The Morgan fingerprint density at radius 3 is 2.36 bits per heavy atom. The quantitative estimate of drug-likeness (QED) is 0.398. The lowest BCUT2D eigenvalue weighted by Gasteiger charge is -2.23. The summed E-state index contributed by atoms with van der Waals surface area (Å²) in [5, 5.41) is 0.667. The minimum absolute atomic E-state index is 0.0424. The summed E-state index contributed by atoms with van der Waals surface area (Å²) < 4.78 is 0.984. The van der Waals surface area contributed by atoms with E-state index in [1.54, 1.807) is 4.90 Å². The first-order valence-electron chi connectivity index (χ1n) is 8.88. The molecule has 0 N–H and O–H groups in total. The lowest BCUT2D eigenvalue weighted by atomic mass is 10.1. The van der Waals surface area contributed by atoms with Gasteiger partial charge in [0, 0.05) is 15.1 Å². The Labute approximate surface area is 177 Å². The van der Waals surface area contributed by atoms with E-state index in [1.807, 2.05) is 91.9 Å². The fourth-order valence-electron chi connectivity index (χ4n) is 3.29. The highest BCUT2D eigenvalue weighted by Gasteiger charge is 2.31. The van der Waals surface area contributed by atoms with Gasteiger partial charge in [-0.15, -0.1) is 0 Å². The Bertz CT molecular complexity index is 1100. The van der Waals surface area contributed by atoms with Crippen molar-refractivity contribution in [2.45, 2.75) is 6.92 Å². The molecular formula is C24H17BrClNO. The standard InChI is InChI=1S/C24H17BrClNO/c1-16-13-20(25)9-12-22(16)27-23(18-7-10-21(26)11-8-18)15-19(24(27)28)14-17-5-3-2-4-6-17/h2-15H,1H3/b19-14+. The fourth-order valence-corrected chi connectivity index (χ4v) is 3.89. The van der Waals surface area contributed by atoms with Crippen LogP contribution in [-0.2, 0) is 4.79 Å². The van der Waals surface area contributed by atoms with Crippen molar-refractivity contribution in [3.63, 3.8) is 0 Å². The average molecular weight is 451 g/mol. The molecule has 0 atom stereocenters. The van der Waals surface area contributed by atoms with Crippen LogP contribution in [0.5, 0.6) is 0 Å². The van der Waals surface area contributed by atoms with Crippen LogP contribution < -0.4 is 4.90 Å². The van der Waals surface area contributed by atoms with E-state index < -0.39 is 0 Å². The molecule has 3 aromatic rings. The molecule has 1 heterocycles. The zero-order valence-electron chi connectivity index (χ0n) is 15.2.